The van der Waals surface area contributed by atoms with E-state index in [0.29, 0.717) is 22.1 Å². The summed E-state index contributed by atoms with van der Waals surface area (Å²) in [6.07, 6.45) is 11.7. The zero-order valence-electron chi connectivity index (χ0n) is 18.3. The van der Waals surface area contributed by atoms with Gasteiger partial charge in [0.05, 0.1) is 6.33 Å². The summed E-state index contributed by atoms with van der Waals surface area (Å²) < 4.78 is 14.1. The highest BCUT2D eigenvalue weighted by molar-refractivity contribution is 9.10. The molecule has 3 aliphatic heterocycles. The summed E-state index contributed by atoms with van der Waals surface area (Å²) in [5, 5.41) is 0.660. The first-order valence-electron chi connectivity index (χ1n) is 11.8. The van der Waals surface area contributed by atoms with E-state index in [-0.39, 0.29) is 6.79 Å². The number of halogens is 1. The van der Waals surface area contributed by atoms with Gasteiger partial charge in [-0.3, -0.25) is 0 Å². The van der Waals surface area contributed by atoms with E-state index < -0.39 is 0 Å². The number of nitrogens with two attached hydrogens (primary N) is 1. The lowest BCUT2D eigenvalue weighted by atomic mass is 9.49. The van der Waals surface area contributed by atoms with E-state index in [9.17, 15) is 0 Å². The Labute approximate surface area is 205 Å². The lowest BCUT2D eigenvalue weighted by Crippen LogP contribution is -2.46. The number of imidazole rings is 1. The molecule has 0 aromatic heterocycles. The normalized spacial score (nSPS) is 29.3. The van der Waals surface area contributed by atoms with Crippen LogP contribution in [-0.4, -0.2) is 26.3 Å². The molecule has 0 saturated heterocycles. The van der Waals surface area contributed by atoms with Crippen molar-refractivity contribution in [2.75, 3.05) is 12.5 Å². The van der Waals surface area contributed by atoms with Gasteiger partial charge in [0.2, 0.25) is 6.79 Å². The van der Waals surface area contributed by atoms with Gasteiger partial charge in [0.1, 0.15) is 0 Å². The van der Waals surface area contributed by atoms with E-state index in [1.54, 1.807) is 0 Å². The average molecular weight is 528 g/mol. The van der Waals surface area contributed by atoms with Crippen molar-refractivity contribution in [3.05, 3.63) is 22.9 Å². The molecule has 33 heavy (non-hydrogen) atoms. The molecule has 9 heteroatoms. The zero-order valence-corrected chi connectivity index (χ0v) is 20.7. The highest BCUT2D eigenvalue weighted by atomic mass is 79.9. The van der Waals surface area contributed by atoms with Crippen molar-refractivity contribution in [1.29, 1.82) is 0 Å². The lowest BCUT2D eigenvalue weighted by molar-refractivity contribution is -0.0591. The van der Waals surface area contributed by atoms with Crippen LogP contribution >= 0.6 is 27.7 Å². The molecular weight excluding hydrogens is 502 g/mol. The number of hydrogen-bond donors (Lipinski definition) is 1. The van der Waals surface area contributed by atoms with Crippen molar-refractivity contribution in [3.8, 4) is 23.0 Å². The van der Waals surface area contributed by atoms with Crippen LogP contribution in [0.1, 0.15) is 44.9 Å². The van der Waals surface area contributed by atoms with Crippen LogP contribution in [0.5, 0.6) is 11.5 Å². The molecular formula is C24H26BrN5O2S. The van der Waals surface area contributed by atoms with Gasteiger partial charge in [-0.2, -0.15) is 0 Å². The van der Waals surface area contributed by atoms with Crippen LogP contribution in [0.4, 0.5) is 5.82 Å². The van der Waals surface area contributed by atoms with Crippen LogP contribution in [0.15, 0.2) is 33.0 Å². The maximum atomic E-state index is 6.20. The van der Waals surface area contributed by atoms with Crippen molar-refractivity contribution in [3.63, 3.8) is 0 Å². The summed E-state index contributed by atoms with van der Waals surface area (Å²) in [7, 11) is 0. The van der Waals surface area contributed by atoms with Crippen molar-refractivity contribution >= 4 is 33.5 Å². The Kier molecular flexibility index (Phi) is 4.63. The zero-order chi connectivity index (χ0) is 22.2. The number of fused-ring (bicyclic) bond motifs is 2. The van der Waals surface area contributed by atoms with Crippen molar-refractivity contribution < 1.29 is 9.47 Å². The molecule has 0 spiro atoms. The molecule has 4 aliphatic carbocycles. The molecule has 1 aromatic carbocycles. The van der Waals surface area contributed by atoms with Crippen LogP contribution in [0.25, 0.3) is 11.5 Å². The Balaban J connectivity index is 1.15. The Morgan fingerprint density at radius 1 is 1.06 bits per heavy atom. The van der Waals surface area contributed by atoms with E-state index in [0.717, 1.165) is 51.0 Å². The molecule has 7 nitrogen and oxygen atoms in total. The predicted octanol–water partition coefficient (Wildman–Crippen LogP) is 5.61. The topological polar surface area (TPSA) is 88.1 Å². The summed E-state index contributed by atoms with van der Waals surface area (Å²) in [5.74, 6) is 5.64. The summed E-state index contributed by atoms with van der Waals surface area (Å²) in [5.41, 5.74) is 7.40. The van der Waals surface area contributed by atoms with E-state index in [2.05, 4.69) is 25.5 Å². The monoisotopic (exact) mass is 527 g/mol. The van der Waals surface area contributed by atoms with Gasteiger partial charge in [-0.05, 0) is 108 Å². The fourth-order valence-corrected chi connectivity index (χ4v) is 8.53. The molecule has 0 unspecified atom stereocenters. The van der Waals surface area contributed by atoms with Gasteiger partial charge in [-0.1, -0.05) is 0 Å². The number of nitrogen functional groups attached to an aromatic ring is 1. The number of aryl methyl sites for hydroxylation is 1. The molecule has 4 bridgehead atoms. The van der Waals surface area contributed by atoms with Gasteiger partial charge in [-0.25, -0.2) is 15.0 Å². The highest BCUT2D eigenvalue weighted by Gasteiger charge is 2.50. The maximum Gasteiger partial charge on any atom is 0.231 e. The first-order valence-corrected chi connectivity index (χ1v) is 13.4. The molecule has 7 aliphatic rings. The third-order valence-electron chi connectivity index (χ3n) is 8.15. The largest absolute Gasteiger partial charge is 0.454 e. The molecule has 8 rings (SSSR count). The first kappa shape index (κ1) is 20.4. The number of benzene rings is 1. The molecule has 0 amide bonds. The number of ether oxygens (including phenoxy) is 2. The molecule has 0 atom stereocenters. The third-order valence-corrected chi connectivity index (χ3v) is 9.99. The minimum absolute atomic E-state index is 0.249. The van der Waals surface area contributed by atoms with Crippen LogP contribution in [-0.2, 0) is 6.54 Å². The third kappa shape index (κ3) is 3.50. The molecule has 2 N–H and O–H groups in total. The predicted molar refractivity (Wildman–Crippen MR) is 128 cm³/mol. The van der Waals surface area contributed by atoms with E-state index in [1.165, 1.54) is 56.7 Å². The molecule has 3 heterocycles. The molecule has 172 valence electrons. The van der Waals surface area contributed by atoms with Crippen LogP contribution in [0, 0.1) is 23.2 Å². The first-order chi connectivity index (χ1) is 16.0. The smallest absolute Gasteiger partial charge is 0.231 e. The molecule has 4 saturated carbocycles. The molecule has 4 fully saturated rings. The van der Waals surface area contributed by atoms with Gasteiger partial charge >= 0.3 is 0 Å². The highest BCUT2D eigenvalue weighted by Crippen LogP contribution is 2.61. The number of anilines is 1. The van der Waals surface area contributed by atoms with E-state index in [1.807, 2.05) is 18.5 Å². The van der Waals surface area contributed by atoms with Crippen LogP contribution in [0.3, 0.4) is 0 Å². The molecule has 0 radical (unpaired) electrons. The van der Waals surface area contributed by atoms with Gasteiger partial charge < -0.3 is 19.8 Å². The number of rotatable bonds is 5. The minimum Gasteiger partial charge on any atom is -0.454 e. The Morgan fingerprint density at radius 3 is 2.48 bits per heavy atom. The quantitative estimate of drug-likeness (QED) is 0.461. The second kappa shape index (κ2) is 7.50. The number of nitrogens with zero attached hydrogens (tertiary/aromatic N) is 4. The van der Waals surface area contributed by atoms with E-state index in [4.69, 9.17) is 25.2 Å². The average Bonchev–Trinajstić information content (AvgIpc) is 3.40. The number of aromatic nitrogens is 4. The standard InChI is InChI=1S/C24H26BrN5O2S/c25-16-6-17-18(32-12-31-17)7-19(16)33-23-28-20-21(26)27-11-30(22(20)29-23)2-1-24-8-13-3-14(9-24)5-15(4-13)10-24/h6-7,11,13-15H,1-5,8-10,12,26H2. The fourth-order valence-electron chi connectivity index (χ4n) is 7.17. The maximum absolute atomic E-state index is 6.20. The Bertz CT molecular complexity index is 1180. The summed E-state index contributed by atoms with van der Waals surface area (Å²) >= 11 is 5.11. The van der Waals surface area contributed by atoms with E-state index >= 15 is 0 Å². The summed E-state index contributed by atoms with van der Waals surface area (Å²) in [6.45, 7) is 1.17. The Morgan fingerprint density at radius 2 is 1.76 bits per heavy atom. The lowest BCUT2D eigenvalue weighted by Gasteiger charge is -2.57. The molecule has 1 aromatic rings. The minimum atomic E-state index is 0.249. The van der Waals surface area contributed by atoms with Crippen LogP contribution < -0.4 is 15.2 Å². The van der Waals surface area contributed by atoms with Gasteiger partial charge in [0.15, 0.2) is 34.0 Å². The van der Waals surface area contributed by atoms with Gasteiger partial charge in [-0.15, -0.1) is 0 Å². The van der Waals surface area contributed by atoms with Crippen LogP contribution in [0.2, 0.25) is 0 Å². The van der Waals surface area contributed by atoms with Crippen molar-refractivity contribution in [2.45, 2.75) is 61.5 Å². The summed E-state index contributed by atoms with van der Waals surface area (Å²) in [4.78, 5) is 15.0. The van der Waals surface area contributed by atoms with Gasteiger partial charge in [0.25, 0.3) is 0 Å². The second-order valence-corrected chi connectivity index (χ2v) is 12.3. The van der Waals surface area contributed by atoms with Crippen molar-refractivity contribution in [2.24, 2.45) is 23.2 Å². The van der Waals surface area contributed by atoms with Crippen molar-refractivity contribution in [1.82, 2.24) is 19.5 Å². The van der Waals surface area contributed by atoms with Gasteiger partial charge in [0, 0.05) is 15.9 Å². The number of hydrogen-bond acceptors (Lipinski definition) is 7. The SMILES string of the molecule is Nc1ncn(CCC23CC4CC(CC(C4)C2)C3)c2nc(Sc3cc4c(cc3Br)OCO4)nc1-2. The second-order valence-electron chi connectivity index (χ2n) is 10.4. The summed E-state index contributed by atoms with van der Waals surface area (Å²) in [6, 6.07) is 3.88. The fraction of sp³-hybridized carbons (Fsp3) is 0.542. The Hall–Kier alpha value is -2.00.